The monoisotopic (exact) mass is 122 g/mol. The SMILES string of the molecule is CCC12C3C[C@H](C)C1C32. The van der Waals surface area contributed by atoms with Crippen LogP contribution >= 0.6 is 0 Å². The molecule has 4 rings (SSSR count). The molecule has 4 fully saturated rings. The lowest BCUT2D eigenvalue weighted by Gasteiger charge is -2.03. The highest BCUT2D eigenvalue weighted by Gasteiger charge is 2.89. The molecule has 0 aromatic carbocycles. The largest absolute Gasteiger partial charge is 0.0648 e. The van der Waals surface area contributed by atoms with Gasteiger partial charge in [-0.3, -0.25) is 0 Å². The third-order valence-corrected chi connectivity index (χ3v) is 4.38. The van der Waals surface area contributed by atoms with Crippen molar-refractivity contribution >= 4 is 0 Å². The predicted octanol–water partition coefficient (Wildman–Crippen LogP) is 2.30. The van der Waals surface area contributed by atoms with Crippen LogP contribution in [-0.2, 0) is 0 Å². The summed E-state index contributed by atoms with van der Waals surface area (Å²) in [7, 11) is 0. The van der Waals surface area contributed by atoms with E-state index in [9.17, 15) is 0 Å². The number of hydrogen-bond donors (Lipinski definition) is 0. The van der Waals surface area contributed by atoms with Crippen LogP contribution in [0.5, 0.6) is 0 Å². The molecule has 0 aromatic heterocycles. The average Bonchev–Trinajstić information content (AvgIpc) is 2.60. The Hall–Kier alpha value is 0. The van der Waals surface area contributed by atoms with E-state index in [1.807, 2.05) is 0 Å². The molecular formula is C9H14. The van der Waals surface area contributed by atoms with Gasteiger partial charge in [-0.1, -0.05) is 13.8 Å². The van der Waals surface area contributed by atoms with Crippen LogP contribution in [0.4, 0.5) is 0 Å². The van der Waals surface area contributed by atoms with Crippen molar-refractivity contribution in [1.29, 1.82) is 0 Å². The van der Waals surface area contributed by atoms with Crippen molar-refractivity contribution in [2.24, 2.45) is 29.1 Å². The van der Waals surface area contributed by atoms with E-state index in [1.165, 1.54) is 24.2 Å². The summed E-state index contributed by atoms with van der Waals surface area (Å²) in [6, 6.07) is 0. The highest BCUT2D eigenvalue weighted by atomic mass is 14.9. The van der Waals surface area contributed by atoms with Gasteiger partial charge in [-0.25, -0.2) is 0 Å². The molecule has 5 atom stereocenters. The molecule has 4 aliphatic carbocycles. The zero-order valence-corrected chi connectivity index (χ0v) is 6.22. The fraction of sp³-hybridized carbons (Fsp3) is 1.00. The van der Waals surface area contributed by atoms with Crippen LogP contribution in [0.15, 0.2) is 0 Å². The lowest BCUT2D eigenvalue weighted by atomic mass is 10.0. The maximum atomic E-state index is 2.45. The van der Waals surface area contributed by atoms with E-state index >= 15 is 0 Å². The molecule has 0 heterocycles. The van der Waals surface area contributed by atoms with Gasteiger partial charge in [0.15, 0.2) is 0 Å². The molecule has 0 aliphatic heterocycles. The summed E-state index contributed by atoms with van der Waals surface area (Å²) in [6.07, 6.45) is 3.06. The second-order valence-corrected chi connectivity index (χ2v) is 4.34. The zero-order valence-electron chi connectivity index (χ0n) is 6.22. The van der Waals surface area contributed by atoms with Crippen molar-refractivity contribution in [2.75, 3.05) is 0 Å². The third-order valence-electron chi connectivity index (χ3n) is 4.38. The molecule has 0 heteroatoms. The van der Waals surface area contributed by atoms with E-state index in [2.05, 4.69) is 13.8 Å². The van der Waals surface area contributed by atoms with Crippen molar-refractivity contribution in [3.8, 4) is 0 Å². The normalized spacial score (nSPS) is 74.0. The van der Waals surface area contributed by atoms with E-state index in [0.29, 0.717) is 0 Å². The molecule has 0 nitrogen and oxygen atoms in total. The van der Waals surface area contributed by atoms with Crippen molar-refractivity contribution in [2.45, 2.75) is 26.7 Å². The summed E-state index contributed by atoms with van der Waals surface area (Å²) in [4.78, 5) is 0. The smallest absolute Gasteiger partial charge is 0.0201 e. The first-order valence-corrected chi connectivity index (χ1v) is 4.32. The Kier molecular flexibility index (Phi) is 0.518. The van der Waals surface area contributed by atoms with Crippen LogP contribution in [0.3, 0.4) is 0 Å². The Morgan fingerprint density at radius 1 is 1.44 bits per heavy atom. The summed E-state index contributed by atoms with van der Waals surface area (Å²) in [5.74, 6) is 4.74. The van der Waals surface area contributed by atoms with Crippen LogP contribution < -0.4 is 0 Å². The summed E-state index contributed by atoms with van der Waals surface area (Å²) >= 11 is 0. The molecule has 0 amide bonds. The minimum atomic E-state index is 0.958. The molecule has 4 unspecified atom stereocenters. The third kappa shape index (κ3) is 0.264. The van der Waals surface area contributed by atoms with Gasteiger partial charge >= 0.3 is 0 Å². The molecule has 9 heavy (non-hydrogen) atoms. The van der Waals surface area contributed by atoms with Gasteiger partial charge in [-0.05, 0) is 41.9 Å². The van der Waals surface area contributed by atoms with Gasteiger partial charge in [0.25, 0.3) is 0 Å². The molecular weight excluding hydrogens is 108 g/mol. The first kappa shape index (κ1) is 4.76. The van der Waals surface area contributed by atoms with Gasteiger partial charge in [0.1, 0.15) is 0 Å². The van der Waals surface area contributed by atoms with E-state index in [1.54, 1.807) is 6.42 Å². The van der Waals surface area contributed by atoms with Crippen LogP contribution in [-0.4, -0.2) is 0 Å². The van der Waals surface area contributed by atoms with E-state index in [0.717, 1.165) is 11.3 Å². The molecule has 0 N–H and O–H groups in total. The fourth-order valence-corrected chi connectivity index (χ4v) is 4.00. The maximum absolute atomic E-state index is 2.45. The van der Waals surface area contributed by atoms with Crippen molar-refractivity contribution in [1.82, 2.24) is 0 Å². The molecule has 0 spiro atoms. The molecule has 0 saturated heterocycles. The van der Waals surface area contributed by atoms with E-state index in [4.69, 9.17) is 0 Å². The molecule has 50 valence electrons. The first-order chi connectivity index (χ1) is 4.32. The van der Waals surface area contributed by atoms with Gasteiger partial charge in [-0.2, -0.15) is 0 Å². The highest BCUT2D eigenvalue weighted by molar-refractivity contribution is 5.36. The van der Waals surface area contributed by atoms with Crippen molar-refractivity contribution < 1.29 is 0 Å². The Labute approximate surface area is 56.6 Å². The second kappa shape index (κ2) is 0.980. The van der Waals surface area contributed by atoms with Crippen LogP contribution in [0.2, 0.25) is 0 Å². The van der Waals surface area contributed by atoms with Crippen LogP contribution in [0.25, 0.3) is 0 Å². The standard InChI is InChI=1S/C9H14/c1-3-9-6-4-5(2)7(9)8(6)9/h5-8H,3-4H2,1-2H3/t5-,6?,7?,8?,9?/m0/s1. The highest BCUT2D eigenvalue weighted by Crippen LogP contribution is 2.93. The number of rotatable bonds is 1. The van der Waals surface area contributed by atoms with Gasteiger partial charge in [0.2, 0.25) is 0 Å². The Bertz CT molecular complexity index is 167. The van der Waals surface area contributed by atoms with Crippen LogP contribution in [0, 0.1) is 29.1 Å². The minimum absolute atomic E-state index is 0.958. The molecule has 4 aliphatic rings. The molecule has 0 aromatic rings. The summed E-state index contributed by atoms with van der Waals surface area (Å²) in [6.45, 7) is 4.83. The van der Waals surface area contributed by atoms with Gasteiger partial charge in [0.05, 0.1) is 0 Å². The Balaban J connectivity index is 1.95. The van der Waals surface area contributed by atoms with Crippen LogP contribution in [0.1, 0.15) is 26.7 Å². The summed E-state index contributed by atoms with van der Waals surface area (Å²) in [5.41, 5.74) is 0.958. The zero-order chi connectivity index (χ0) is 6.22. The maximum Gasteiger partial charge on any atom is -0.0201 e. The Morgan fingerprint density at radius 3 is 2.44 bits per heavy atom. The predicted molar refractivity (Wildman–Crippen MR) is 37.0 cm³/mol. The fourth-order valence-electron chi connectivity index (χ4n) is 4.00. The van der Waals surface area contributed by atoms with E-state index < -0.39 is 0 Å². The number of hydrogen-bond acceptors (Lipinski definition) is 0. The summed E-state index contributed by atoms with van der Waals surface area (Å²) < 4.78 is 0. The Morgan fingerprint density at radius 2 is 2.22 bits per heavy atom. The second-order valence-electron chi connectivity index (χ2n) is 4.34. The molecule has 2 bridgehead atoms. The minimum Gasteiger partial charge on any atom is -0.0648 e. The lowest BCUT2D eigenvalue weighted by Crippen LogP contribution is -1.98. The van der Waals surface area contributed by atoms with Crippen molar-refractivity contribution in [3.05, 3.63) is 0 Å². The first-order valence-electron chi connectivity index (χ1n) is 4.32. The molecule has 0 radical (unpaired) electrons. The van der Waals surface area contributed by atoms with Crippen molar-refractivity contribution in [3.63, 3.8) is 0 Å². The van der Waals surface area contributed by atoms with Gasteiger partial charge in [0, 0.05) is 0 Å². The quantitative estimate of drug-likeness (QED) is 0.500. The molecule has 4 saturated carbocycles. The van der Waals surface area contributed by atoms with E-state index in [-0.39, 0.29) is 0 Å². The van der Waals surface area contributed by atoms with Gasteiger partial charge < -0.3 is 0 Å². The average molecular weight is 122 g/mol. The number of fused-ring (bicyclic) bond motifs is 1. The lowest BCUT2D eigenvalue weighted by molar-refractivity contribution is 0.446. The van der Waals surface area contributed by atoms with Gasteiger partial charge in [-0.15, -0.1) is 0 Å². The summed E-state index contributed by atoms with van der Waals surface area (Å²) in [5, 5.41) is 0. The topological polar surface area (TPSA) is 0 Å².